The van der Waals surface area contributed by atoms with Crippen LogP contribution in [0.1, 0.15) is 12.8 Å². The van der Waals surface area contributed by atoms with Crippen LogP contribution in [0.5, 0.6) is 5.75 Å². The number of para-hydroxylation sites is 1. The molecule has 1 aromatic rings. The molecule has 2 rings (SSSR count). The topological polar surface area (TPSA) is 64.4 Å². The average molecular weight is 222 g/mol. The molecule has 1 aliphatic rings. The van der Waals surface area contributed by atoms with Gasteiger partial charge in [-0.1, -0.05) is 6.07 Å². The molecule has 0 aromatic heterocycles. The molecule has 0 saturated heterocycles. The molecule has 1 fully saturated rings. The number of nitro benzene ring substituents is 1. The molecule has 0 amide bonds. The van der Waals surface area contributed by atoms with Crippen LogP contribution in [0.4, 0.5) is 11.4 Å². The summed E-state index contributed by atoms with van der Waals surface area (Å²) < 4.78 is 5.48. The van der Waals surface area contributed by atoms with Crippen LogP contribution < -0.4 is 10.1 Å². The minimum Gasteiger partial charge on any atom is -0.486 e. The van der Waals surface area contributed by atoms with Crippen LogP contribution >= 0.6 is 0 Å². The van der Waals surface area contributed by atoms with Gasteiger partial charge in [0.25, 0.3) is 0 Å². The molecule has 0 atom stereocenters. The van der Waals surface area contributed by atoms with Gasteiger partial charge in [0.05, 0.1) is 11.5 Å². The second-order valence-electron chi connectivity index (χ2n) is 3.91. The Labute approximate surface area is 93.6 Å². The molecule has 86 valence electrons. The Hall–Kier alpha value is -1.78. The van der Waals surface area contributed by atoms with Crippen LogP contribution in [0.15, 0.2) is 18.2 Å². The highest BCUT2D eigenvalue weighted by Crippen LogP contribution is 2.36. The van der Waals surface area contributed by atoms with Crippen molar-refractivity contribution in [3.63, 3.8) is 0 Å². The van der Waals surface area contributed by atoms with Gasteiger partial charge in [-0.2, -0.15) is 0 Å². The molecule has 1 saturated carbocycles. The van der Waals surface area contributed by atoms with E-state index in [2.05, 4.69) is 5.32 Å². The molecule has 0 radical (unpaired) electrons. The highest BCUT2D eigenvalue weighted by atomic mass is 16.6. The van der Waals surface area contributed by atoms with Crippen molar-refractivity contribution in [2.24, 2.45) is 5.92 Å². The van der Waals surface area contributed by atoms with Crippen molar-refractivity contribution < 1.29 is 9.66 Å². The van der Waals surface area contributed by atoms with Crippen LogP contribution in [0.2, 0.25) is 0 Å². The van der Waals surface area contributed by atoms with Crippen LogP contribution in [0.25, 0.3) is 0 Å². The Morgan fingerprint density at radius 2 is 2.31 bits per heavy atom. The second kappa shape index (κ2) is 4.38. The fourth-order valence-corrected chi connectivity index (χ4v) is 1.52. The van der Waals surface area contributed by atoms with Crippen molar-refractivity contribution >= 4 is 11.4 Å². The standard InChI is InChI=1S/C11H14N2O3/c1-12-9-3-2-4-10(11(9)13(14)15)16-7-8-5-6-8/h2-4,8,12H,5-7H2,1H3. The van der Waals surface area contributed by atoms with Gasteiger partial charge in [0, 0.05) is 7.05 Å². The van der Waals surface area contributed by atoms with E-state index in [9.17, 15) is 10.1 Å². The van der Waals surface area contributed by atoms with E-state index in [0.717, 1.165) is 0 Å². The predicted octanol–water partition coefficient (Wildman–Crippen LogP) is 2.43. The van der Waals surface area contributed by atoms with Gasteiger partial charge in [-0.25, -0.2) is 0 Å². The lowest BCUT2D eigenvalue weighted by atomic mass is 10.2. The maximum absolute atomic E-state index is 10.9. The molecule has 16 heavy (non-hydrogen) atoms. The summed E-state index contributed by atoms with van der Waals surface area (Å²) in [6.07, 6.45) is 2.33. The highest BCUT2D eigenvalue weighted by molar-refractivity contribution is 5.68. The van der Waals surface area contributed by atoms with Gasteiger partial charge in [0.1, 0.15) is 5.69 Å². The second-order valence-corrected chi connectivity index (χ2v) is 3.91. The van der Waals surface area contributed by atoms with Gasteiger partial charge in [-0.3, -0.25) is 10.1 Å². The smallest absolute Gasteiger partial charge is 0.333 e. The van der Waals surface area contributed by atoms with Crippen LogP contribution in [0.3, 0.4) is 0 Å². The minimum atomic E-state index is -0.409. The third-order valence-electron chi connectivity index (χ3n) is 2.62. The summed E-state index contributed by atoms with van der Waals surface area (Å²) in [5.41, 5.74) is 0.504. The van der Waals surface area contributed by atoms with Gasteiger partial charge in [0.15, 0.2) is 5.75 Å². The summed E-state index contributed by atoms with van der Waals surface area (Å²) in [6, 6.07) is 5.06. The van der Waals surface area contributed by atoms with E-state index in [-0.39, 0.29) is 5.69 Å². The normalized spacial score (nSPS) is 14.6. The summed E-state index contributed by atoms with van der Waals surface area (Å²) in [7, 11) is 1.66. The number of hydrogen-bond acceptors (Lipinski definition) is 4. The fraction of sp³-hybridized carbons (Fsp3) is 0.455. The van der Waals surface area contributed by atoms with Gasteiger partial charge < -0.3 is 10.1 Å². The van der Waals surface area contributed by atoms with E-state index in [1.165, 1.54) is 12.8 Å². The maximum Gasteiger partial charge on any atom is 0.333 e. The van der Waals surface area contributed by atoms with Crippen LogP contribution in [-0.2, 0) is 0 Å². The molecule has 5 heteroatoms. The molecule has 0 aliphatic heterocycles. The molecule has 0 bridgehead atoms. The molecule has 5 nitrogen and oxygen atoms in total. The number of ether oxygens (including phenoxy) is 1. The maximum atomic E-state index is 10.9. The lowest BCUT2D eigenvalue weighted by Gasteiger charge is -2.08. The van der Waals surface area contributed by atoms with Gasteiger partial charge >= 0.3 is 5.69 Å². The Morgan fingerprint density at radius 1 is 1.56 bits per heavy atom. The van der Waals surface area contributed by atoms with E-state index >= 15 is 0 Å². The number of hydrogen-bond donors (Lipinski definition) is 1. The highest BCUT2D eigenvalue weighted by Gasteiger charge is 2.25. The molecule has 0 unspecified atom stereocenters. The molecular weight excluding hydrogens is 208 g/mol. The Kier molecular flexibility index (Phi) is 2.94. The Balaban J connectivity index is 2.22. The molecule has 1 N–H and O–H groups in total. The molecule has 1 aliphatic carbocycles. The average Bonchev–Trinajstić information content (AvgIpc) is 3.09. The first-order valence-corrected chi connectivity index (χ1v) is 5.30. The minimum absolute atomic E-state index is 0.0191. The van der Waals surface area contributed by atoms with E-state index < -0.39 is 4.92 Å². The quantitative estimate of drug-likeness (QED) is 0.613. The van der Waals surface area contributed by atoms with E-state index in [1.807, 2.05) is 0 Å². The largest absolute Gasteiger partial charge is 0.486 e. The summed E-state index contributed by atoms with van der Waals surface area (Å²) in [5.74, 6) is 0.932. The number of nitro groups is 1. The number of benzene rings is 1. The number of nitrogens with one attached hydrogen (secondary N) is 1. The summed E-state index contributed by atoms with van der Waals surface area (Å²) >= 11 is 0. The van der Waals surface area contributed by atoms with Crippen LogP contribution in [0, 0.1) is 16.0 Å². The lowest BCUT2D eigenvalue weighted by Crippen LogP contribution is -2.04. The summed E-state index contributed by atoms with van der Waals surface area (Å²) in [5, 5.41) is 13.7. The molecule has 1 aromatic carbocycles. The van der Waals surface area contributed by atoms with Crippen molar-refractivity contribution in [1.82, 2.24) is 0 Å². The monoisotopic (exact) mass is 222 g/mol. The Bertz CT molecular complexity index is 402. The van der Waals surface area contributed by atoms with Crippen molar-refractivity contribution in [3.05, 3.63) is 28.3 Å². The molecular formula is C11H14N2O3. The van der Waals surface area contributed by atoms with Gasteiger partial charge in [-0.05, 0) is 30.9 Å². The zero-order valence-electron chi connectivity index (χ0n) is 9.10. The van der Waals surface area contributed by atoms with Gasteiger partial charge in [0.2, 0.25) is 0 Å². The third-order valence-corrected chi connectivity index (χ3v) is 2.62. The number of anilines is 1. The van der Waals surface area contributed by atoms with Crippen molar-refractivity contribution in [2.45, 2.75) is 12.8 Å². The first-order valence-electron chi connectivity index (χ1n) is 5.30. The molecule has 0 heterocycles. The van der Waals surface area contributed by atoms with Gasteiger partial charge in [-0.15, -0.1) is 0 Å². The SMILES string of the molecule is CNc1cccc(OCC2CC2)c1[N+](=O)[O-]. The van der Waals surface area contributed by atoms with Crippen LogP contribution in [-0.4, -0.2) is 18.6 Å². The fourth-order valence-electron chi connectivity index (χ4n) is 1.52. The number of nitrogens with zero attached hydrogens (tertiary/aromatic N) is 1. The van der Waals surface area contributed by atoms with Crippen molar-refractivity contribution in [3.8, 4) is 5.75 Å². The van der Waals surface area contributed by atoms with Crippen molar-refractivity contribution in [1.29, 1.82) is 0 Å². The molecule has 0 spiro atoms. The zero-order chi connectivity index (χ0) is 11.5. The van der Waals surface area contributed by atoms with E-state index in [0.29, 0.717) is 24.0 Å². The lowest BCUT2D eigenvalue weighted by molar-refractivity contribution is -0.385. The van der Waals surface area contributed by atoms with E-state index in [1.54, 1.807) is 25.2 Å². The van der Waals surface area contributed by atoms with E-state index in [4.69, 9.17) is 4.74 Å². The summed E-state index contributed by atoms with van der Waals surface area (Å²) in [6.45, 7) is 0.577. The summed E-state index contributed by atoms with van der Waals surface area (Å²) in [4.78, 5) is 10.5. The first kappa shape index (κ1) is 10.7. The number of rotatable bonds is 5. The van der Waals surface area contributed by atoms with Crippen molar-refractivity contribution in [2.75, 3.05) is 19.0 Å². The predicted molar refractivity (Wildman–Crippen MR) is 60.9 cm³/mol. The first-order chi connectivity index (χ1) is 7.72. The third kappa shape index (κ3) is 2.24. The Morgan fingerprint density at radius 3 is 2.88 bits per heavy atom. The zero-order valence-corrected chi connectivity index (χ0v) is 9.10.